The van der Waals surface area contributed by atoms with Crippen LogP contribution in [0.5, 0.6) is 0 Å². The molecule has 2 atom stereocenters. The van der Waals surface area contributed by atoms with Gasteiger partial charge in [-0.1, -0.05) is 18.2 Å². The van der Waals surface area contributed by atoms with Crippen molar-refractivity contribution >= 4 is 11.1 Å². The zero-order valence-corrected chi connectivity index (χ0v) is 13.9. The quantitative estimate of drug-likeness (QED) is 0.814. The summed E-state index contributed by atoms with van der Waals surface area (Å²) in [6, 6.07) is 6.75. The summed E-state index contributed by atoms with van der Waals surface area (Å²) in [4.78, 5) is 0.368. The van der Waals surface area contributed by atoms with Crippen molar-refractivity contribution in [3.63, 3.8) is 0 Å². The van der Waals surface area contributed by atoms with Gasteiger partial charge in [-0.2, -0.15) is 0 Å². The van der Waals surface area contributed by atoms with Gasteiger partial charge in [0.25, 0.3) is 0 Å². The van der Waals surface area contributed by atoms with Crippen LogP contribution in [-0.2, 0) is 43.8 Å². The van der Waals surface area contributed by atoms with E-state index in [-0.39, 0.29) is 38.6 Å². The van der Waals surface area contributed by atoms with E-state index in [0.29, 0.717) is 10.7 Å². The minimum atomic E-state index is -1.95. The van der Waals surface area contributed by atoms with Gasteiger partial charge in [-0.05, 0) is 42.7 Å². The first-order chi connectivity index (χ1) is 8.00. The molecule has 1 aromatic rings. The van der Waals surface area contributed by atoms with Crippen LogP contribution in [0.2, 0.25) is 0 Å². The van der Waals surface area contributed by atoms with Gasteiger partial charge < -0.3 is 9.66 Å². The third-order valence-electron chi connectivity index (χ3n) is 3.13. The molecule has 0 fully saturated rings. The molecular formula is C13H14O3SY. The number of benzene rings is 1. The van der Waals surface area contributed by atoms with E-state index in [2.05, 4.69) is 0 Å². The number of aliphatic hydroxyl groups excluding tert-OH is 1. The second-order valence-electron chi connectivity index (χ2n) is 4.16. The van der Waals surface area contributed by atoms with Gasteiger partial charge in [-0.3, -0.25) is 0 Å². The summed E-state index contributed by atoms with van der Waals surface area (Å²) in [6.45, 7) is 3.85. The van der Waals surface area contributed by atoms with E-state index in [1.165, 1.54) is 0 Å². The van der Waals surface area contributed by atoms with Gasteiger partial charge in [-0.25, -0.2) is 4.21 Å². The van der Waals surface area contributed by atoms with Crippen LogP contribution in [0.15, 0.2) is 52.1 Å². The molecule has 18 heavy (non-hydrogen) atoms. The van der Waals surface area contributed by atoms with Gasteiger partial charge in [0.15, 0.2) is 11.1 Å². The van der Waals surface area contributed by atoms with Crippen LogP contribution in [0, 0.1) is 0 Å². The molecule has 93 valence electrons. The van der Waals surface area contributed by atoms with Crippen molar-refractivity contribution in [1.82, 2.24) is 0 Å². The molecule has 0 saturated carbocycles. The van der Waals surface area contributed by atoms with Crippen LogP contribution < -0.4 is 0 Å². The van der Waals surface area contributed by atoms with E-state index >= 15 is 0 Å². The summed E-state index contributed by atoms with van der Waals surface area (Å²) in [5.41, 5.74) is 2.90. The maximum absolute atomic E-state index is 10.8. The van der Waals surface area contributed by atoms with Crippen molar-refractivity contribution in [3.8, 4) is 0 Å². The molecule has 0 heterocycles. The SMILES string of the molecule is CC1=CC(c2ccc(S(=O)O)cc2)C(O)=C1C.[Y]. The molecule has 5 heteroatoms. The van der Waals surface area contributed by atoms with Crippen LogP contribution in [0.3, 0.4) is 0 Å². The number of hydrogen-bond acceptors (Lipinski definition) is 2. The van der Waals surface area contributed by atoms with Gasteiger partial charge >= 0.3 is 0 Å². The normalized spacial score (nSPS) is 20.4. The van der Waals surface area contributed by atoms with E-state index in [0.717, 1.165) is 16.7 Å². The molecule has 1 aromatic carbocycles. The Balaban J connectivity index is 0.00000162. The van der Waals surface area contributed by atoms with Crippen molar-refractivity contribution in [2.75, 3.05) is 0 Å². The fourth-order valence-electron chi connectivity index (χ4n) is 1.93. The predicted molar refractivity (Wildman–Crippen MR) is 67.3 cm³/mol. The van der Waals surface area contributed by atoms with E-state index in [9.17, 15) is 9.32 Å². The van der Waals surface area contributed by atoms with Gasteiger partial charge in [0, 0.05) is 32.7 Å². The molecule has 0 bridgehead atoms. The largest absolute Gasteiger partial charge is 0.511 e. The van der Waals surface area contributed by atoms with Crippen LogP contribution in [0.25, 0.3) is 0 Å². The molecule has 0 amide bonds. The molecule has 1 aliphatic carbocycles. The first-order valence-electron chi connectivity index (χ1n) is 5.30. The monoisotopic (exact) mass is 339 g/mol. The molecule has 1 radical (unpaired) electrons. The van der Waals surface area contributed by atoms with Gasteiger partial charge in [0.2, 0.25) is 0 Å². The summed E-state index contributed by atoms with van der Waals surface area (Å²) in [6.07, 6.45) is 2.00. The van der Waals surface area contributed by atoms with Gasteiger partial charge in [0.05, 0.1) is 10.8 Å². The third kappa shape index (κ3) is 2.99. The topological polar surface area (TPSA) is 57.5 Å². The van der Waals surface area contributed by atoms with E-state index < -0.39 is 11.1 Å². The number of allylic oxidation sites excluding steroid dienone is 3. The Labute approximate surface area is 134 Å². The number of aliphatic hydroxyl groups is 1. The summed E-state index contributed by atoms with van der Waals surface area (Å²) >= 11 is -1.95. The van der Waals surface area contributed by atoms with Crippen LogP contribution >= 0.6 is 0 Å². The zero-order valence-electron chi connectivity index (χ0n) is 10.3. The van der Waals surface area contributed by atoms with E-state index in [1.807, 2.05) is 19.9 Å². The maximum Gasteiger partial charge on any atom is 0.186 e. The van der Waals surface area contributed by atoms with Crippen LogP contribution in [-0.4, -0.2) is 13.9 Å². The summed E-state index contributed by atoms with van der Waals surface area (Å²) in [5.74, 6) is 0.233. The summed E-state index contributed by atoms with van der Waals surface area (Å²) < 4.78 is 19.8. The third-order valence-corrected chi connectivity index (χ3v) is 3.80. The van der Waals surface area contributed by atoms with E-state index in [1.54, 1.807) is 24.3 Å². The first-order valence-corrected chi connectivity index (χ1v) is 6.40. The van der Waals surface area contributed by atoms with Crippen molar-refractivity contribution in [2.45, 2.75) is 24.7 Å². The predicted octanol–water partition coefficient (Wildman–Crippen LogP) is 3.14. The average Bonchev–Trinajstić information content (AvgIpc) is 2.57. The van der Waals surface area contributed by atoms with Crippen molar-refractivity contribution in [1.29, 1.82) is 0 Å². The Morgan fingerprint density at radius 3 is 2.11 bits per heavy atom. The summed E-state index contributed by atoms with van der Waals surface area (Å²) in [5, 5.41) is 9.98. The molecule has 0 saturated heterocycles. The standard InChI is InChI=1S/C13H14O3S.Y/c1-8-7-12(13(14)9(8)2)10-3-5-11(6-4-10)17(15)16;/h3-7,12,14H,1-2H3,(H,15,16);. The molecule has 1 aliphatic rings. The van der Waals surface area contributed by atoms with Gasteiger partial charge in [-0.15, -0.1) is 0 Å². The molecule has 2 unspecified atom stereocenters. The Morgan fingerprint density at radius 1 is 1.17 bits per heavy atom. The number of hydrogen-bond donors (Lipinski definition) is 2. The molecule has 0 aliphatic heterocycles. The Hall–Kier alpha value is -0.286. The smallest absolute Gasteiger partial charge is 0.186 e. The molecule has 0 spiro atoms. The molecule has 2 rings (SSSR count). The molecule has 0 aromatic heterocycles. The fourth-order valence-corrected chi connectivity index (χ4v) is 2.30. The zero-order chi connectivity index (χ0) is 12.6. The summed E-state index contributed by atoms with van der Waals surface area (Å²) in [7, 11) is 0. The molecule has 2 N–H and O–H groups in total. The van der Waals surface area contributed by atoms with Crippen molar-refractivity contribution < 1.29 is 46.6 Å². The minimum Gasteiger partial charge on any atom is -0.511 e. The van der Waals surface area contributed by atoms with Crippen molar-refractivity contribution in [2.24, 2.45) is 0 Å². The fraction of sp³-hybridized carbons (Fsp3) is 0.231. The second kappa shape index (κ2) is 6.24. The second-order valence-corrected chi connectivity index (χ2v) is 5.13. The van der Waals surface area contributed by atoms with E-state index in [4.69, 9.17) is 4.55 Å². The Kier molecular flexibility index (Phi) is 5.47. The van der Waals surface area contributed by atoms with Gasteiger partial charge in [0.1, 0.15) is 5.76 Å². The van der Waals surface area contributed by atoms with Crippen LogP contribution in [0.4, 0.5) is 0 Å². The maximum atomic E-state index is 10.8. The first kappa shape index (κ1) is 15.8. The van der Waals surface area contributed by atoms with Crippen molar-refractivity contribution in [3.05, 3.63) is 52.8 Å². The minimum absolute atomic E-state index is 0. The molecular weight excluding hydrogens is 325 g/mol. The Morgan fingerprint density at radius 2 is 1.72 bits per heavy atom. The molecule has 3 nitrogen and oxygen atoms in total. The number of rotatable bonds is 2. The van der Waals surface area contributed by atoms with Crippen LogP contribution in [0.1, 0.15) is 25.3 Å². The Bertz CT molecular complexity index is 532. The average molecular weight is 339 g/mol.